The largest absolute Gasteiger partial charge is 0.355 e. The first-order valence-corrected chi connectivity index (χ1v) is 10.2. The number of fused-ring (bicyclic) bond motifs is 1. The molecule has 1 aromatic rings. The second-order valence-corrected chi connectivity index (χ2v) is 7.92. The standard InChI is InChI=1S/C20H32N4/c1-16-21-19-11-5-4-10-18(19)20(22-16)24-14-8-9-17(15-24)23-12-6-2-3-7-13-23/h17H,2-15H2,1H3. The fraction of sp³-hybridized carbons (Fsp3) is 0.800. The summed E-state index contributed by atoms with van der Waals surface area (Å²) in [4.78, 5) is 15.0. The van der Waals surface area contributed by atoms with Crippen molar-refractivity contribution in [1.29, 1.82) is 0 Å². The van der Waals surface area contributed by atoms with Crippen molar-refractivity contribution in [3.8, 4) is 0 Å². The highest BCUT2D eigenvalue weighted by Crippen LogP contribution is 2.31. The van der Waals surface area contributed by atoms with Gasteiger partial charge in [0.1, 0.15) is 11.6 Å². The zero-order chi connectivity index (χ0) is 16.4. The van der Waals surface area contributed by atoms with Crippen molar-refractivity contribution < 1.29 is 0 Å². The molecule has 1 unspecified atom stereocenters. The summed E-state index contributed by atoms with van der Waals surface area (Å²) in [6.07, 6.45) is 13.2. The Morgan fingerprint density at radius 3 is 2.46 bits per heavy atom. The summed E-state index contributed by atoms with van der Waals surface area (Å²) >= 11 is 0. The van der Waals surface area contributed by atoms with Crippen molar-refractivity contribution in [1.82, 2.24) is 14.9 Å². The molecule has 24 heavy (non-hydrogen) atoms. The van der Waals surface area contributed by atoms with Crippen LogP contribution < -0.4 is 4.90 Å². The van der Waals surface area contributed by atoms with Crippen LogP contribution >= 0.6 is 0 Å². The summed E-state index contributed by atoms with van der Waals surface area (Å²) in [5.41, 5.74) is 2.80. The molecule has 0 bridgehead atoms. The molecule has 0 spiro atoms. The Morgan fingerprint density at radius 1 is 0.833 bits per heavy atom. The fourth-order valence-electron chi connectivity index (χ4n) is 4.86. The van der Waals surface area contributed by atoms with Gasteiger partial charge < -0.3 is 4.90 Å². The zero-order valence-corrected chi connectivity index (χ0v) is 15.3. The molecule has 0 aromatic carbocycles. The first-order valence-electron chi connectivity index (χ1n) is 10.2. The number of piperidine rings is 1. The lowest BCUT2D eigenvalue weighted by Crippen LogP contribution is -2.49. The van der Waals surface area contributed by atoms with Gasteiger partial charge in [0.15, 0.2) is 0 Å². The van der Waals surface area contributed by atoms with Crippen molar-refractivity contribution in [2.24, 2.45) is 0 Å². The highest BCUT2D eigenvalue weighted by Gasteiger charge is 2.29. The highest BCUT2D eigenvalue weighted by molar-refractivity contribution is 5.51. The Bertz CT molecular complexity index is 563. The maximum absolute atomic E-state index is 4.90. The van der Waals surface area contributed by atoms with Gasteiger partial charge in [-0.05, 0) is 71.4 Å². The van der Waals surface area contributed by atoms with Crippen LogP contribution in [0.3, 0.4) is 0 Å². The molecule has 0 saturated carbocycles. The van der Waals surface area contributed by atoms with Crippen LogP contribution in [0.2, 0.25) is 0 Å². The normalized spacial score (nSPS) is 26.0. The third kappa shape index (κ3) is 3.44. The predicted octanol–water partition coefficient (Wildman–Crippen LogP) is 3.51. The number of anilines is 1. The molecular formula is C20H32N4. The molecular weight excluding hydrogens is 296 g/mol. The van der Waals surface area contributed by atoms with E-state index < -0.39 is 0 Å². The second kappa shape index (κ2) is 7.38. The topological polar surface area (TPSA) is 32.3 Å². The van der Waals surface area contributed by atoms with E-state index in [1.807, 2.05) is 0 Å². The molecule has 2 fully saturated rings. The van der Waals surface area contributed by atoms with Crippen LogP contribution in [0.1, 0.15) is 68.4 Å². The third-order valence-electron chi connectivity index (χ3n) is 6.13. The molecule has 3 aliphatic rings. The predicted molar refractivity (Wildman–Crippen MR) is 98.7 cm³/mol. The number of hydrogen-bond donors (Lipinski definition) is 0. The molecule has 132 valence electrons. The Hall–Kier alpha value is -1.16. The first kappa shape index (κ1) is 16.3. The number of aromatic nitrogens is 2. The summed E-state index contributed by atoms with van der Waals surface area (Å²) in [6, 6.07) is 0.728. The molecule has 4 rings (SSSR count). The van der Waals surface area contributed by atoms with Crippen molar-refractivity contribution in [2.45, 2.75) is 77.2 Å². The molecule has 1 aliphatic carbocycles. The van der Waals surface area contributed by atoms with E-state index in [2.05, 4.69) is 16.7 Å². The second-order valence-electron chi connectivity index (χ2n) is 7.92. The van der Waals surface area contributed by atoms with E-state index in [0.717, 1.165) is 18.3 Å². The molecule has 0 N–H and O–H groups in total. The van der Waals surface area contributed by atoms with E-state index in [9.17, 15) is 0 Å². The summed E-state index contributed by atoms with van der Waals surface area (Å²) in [5, 5.41) is 0. The van der Waals surface area contributed by atoms with Crippen LogP contribution in [-0.4, -0.2) is 47.1 Å². The van der Waals surface area contributed by atoms with Crippen LogP contribution in [0.25, 0.3) is 0 Å². The molecule has 4 nitrogen and oxygen atoms in total. The van der Waals surface area contributed by atoms with Gasteiger partial charge in [0.2, 0.25) is 0 Å². The first-order chi connectivity index (χ1) is 11.8. The number of aryl methyl sites for hydroxylation is 2. The quantitative estimate of drug-likeness (QED) is 0.831. The van der Waals surface area contributed by atoms with Gasteiger partial charge in [0.25, 0.3) is 0 Å². The molecule has 1 atom stereocenters. The van der Waals surface area contributed by atoms with Gasteiger partial charge in [-0.3, -0.25) is 4.90 Å². The van der Waals surface area contributed by atoms with Crippen LogP contribution in [0.5, 0.6) is 0 Å². The minimum atomic E-state index is 0.728. The minimum Gasteiger partial charge on any atom is -0.355 e. The summed E-state index contributed by atoms with van der Waals surface area (Å²) in [6.45, 7) is 7.02. The van der Waals surface area contributed by atoms with Crippen molar-refractivity contribution in [3.05, 3.63) is 17.1 Å². The van der Waals surface area contributed by atoms with Crippen molar-refractivity contribution in [3.63, 3.8) is 0 Å². The molecule has 0 radical (unpaired) electrons. The Morgan fingerprint density at radius 2 is 1.62 bits per heavy atom. The molecule has 3 heterocycles. The molecule has 2 saturated heterocycles. The molecule has 0 amide bonds. The highest BCUT2D eigenvalue weighted by atomic mass is 15.3. The maximum atomic E-state index is 4.90. The smallest absolute Gasteiger partial charge is 0.135 e. The lowest BCUT2D eigenvalue weighted by Gasteiger charge is -2.40. The van der Waals surface area contributed by atoms with E-state index in [0.29, 0.717) is 0 Å². The SMILES string of the molecule is Cc1nc2c(c(N3CCCC(N4CCCCCC4)C3)n1)CCCC2. The average Bonchev–Trinajstić information content (AvgIpc) is 2.90. The number of nitrogens with zero attached hydrogens (tertiary/aromatic N) is 4. The van der Waals surface area contributed by atoms with Crippen molar-refractivity contribution >= 4 is 5.82 Å². The average molecular weight is 329 g/mol. The van der Waals surface area contributed by atoms with Gasteiger partial charge in [-0.15, -0.1) is 0 Å². The van der Waals surface area contributed by atoms with Gasteiger partial charge in [-0.25, -0.2) is 9.97 Å². The minimum absolute atomic E-state index is 0.728. The lowest BCUT2D eigenvalue weighted by atomic mass is 9.95. The van der Waals surface area contributed by atoms with E-state index in [1.165, 1.54) is 101 Å². The van der Waals surface area contributed by atoms with E-state index in [1.54, 1.807) is 0 Å². The monoisotopic (exact) mass is 328 g/mol. The van der Waals surface area contributed by atoms with Gasteiger partial charge >= 0.3 is 0 Å². The Labute approximate surface area is 146 Å². The zero-order valence-electron chi connectivity index (χ0n) is 15.3. The van der Waals surface area contributed by atoms with Crippen LogP contribution in [-0.2, 0) is 12.8 Å². The molecule has 1 aromatic heterocycles. The lowest BCUT2D eigenvalue weighted by molar-refractivity contribution is 0.181. The van der Waals surface area contributed by atoms with E-state index in [4.69, 9.17) is 9.97 Å². The van der Waals surface area contributed by atoms with Gasteiger partial charge in [0, 0.05) is 30.4 Å². The number of likely N-dealkylation sites (tertiary alicyclic amines) is 1. The van der Waals surface area contributed by atoms with Crippen LogP contribution in [0.4, 0.5) is 5.82 Å². The van der Waals surface area contributed by atoms with Gasteiger partial charge in [-0.1, -0.05) is 12.8 Å². The van der Waals surface area contributed by atoms with E-state index >= 15 is 0 Å². The van der Waals surface area contributed by atoms with Crippen LogP contribution in [0, 0.1) is 6.92 Å². The van der Waals surface area contributed by atoms with Crippen LogP contribution in [0.15, 0.2) is 0 Å². The Balaban J connectivity index is 1.54. The van der Waals surface area contributed by atoms with Gasteiger partial charge in [-0.2, -0.15) is 0 Å². The third-order valence-corrected chi connectivity index (χ3v) is 6.13. The van der Waals surface area contributed by atoms with E-state index in [-0.39, 0.29) is 0 Å². The fourth-order valence-corrected chi connectivity index (χ4v) is 4.86. The van der Waals surface area contributed by atoms with Crippen molar-refractivity contribution in [2.75, 3.05) is 31.1 Å². The maximum Gasteiger partial charge on any atom is 0.135 e. The molecule has 2 aliphatic heterocycles. The Kier molecular flexibility index (Phi) is 5.02. The summed E-state index contributed by atoms with van der Waals surface area (Å²) in [5.74, 6) is 2.24. The summed E-state index contributed by atoms with van der Waals surface area (Å²) < 4.78 is 0. The number of hydrogen-bond acceptors (Lipinski definition) is 4. The number of rotatable bonds is 2. The molecule has 4 heteroatoms. The van der Waals surface area contributed by atoms with Gasteiger partial charge in [0.05, 0.1) is 0 Å². The summed E-state index contributed by atoms with van der Waals surface area (Å²) in [7, 11) is 0.